The molecule has 1 unspecified atom stereocenters. The molecule has 1 heterocycles. The molecule has 142 valence electrons. The fraction of sp³-hybridized carbons (Fsp3) is 0.900. The minimum atomic E-state index is -0.466. The Morgan fingerprint density at radius 3 is 1.92 bits per heavy atom. The monoisotopic (exact) mass is 351 g/mol. The van der Waals surface area contributed by atoms with Gasteiger partial charge in [-0.1, -0.05) is 13.8 Å². The zero-order chi connectivity index (χ0) is 17.9. The Labute approximate surface area is 151 Å². The summed E-state index contributed by atoms with van der Waals surface area (Å²) in [6.45, 7) is 4.77. The second kappa shape index (κ2) is 7.55. The van der Waals surface area contributed by atoms with Crippen LogP contribution in [0.4, 0.5) is 4.79 Å². The lowest BCUT2D eigenvalue weighted by Gasteiger charge is -2.34. The van der Waals surface area contributed by atoms with Crippen molar-refractivity contribution in [3.8, 4) is 0 Å². The molecule has 5 nitrogen and oxygen atoms in total. The van der Waals surface area contributed by atoms with Crippen LogP contribution in [0.5, 0.6) is 0 Å². The quantitative estimate of drug-likeness (QED) is 0.681. The van der Waals surface area contributed by atoms with Gasteiger partial charge in [-0.2, -0.15) is 0 Å². The number of rotatable bonds is 5. The number of hydrogen-bond acceptors (Lipinski definition) is 4. The third kappa shape index (κ3) is 3.80. The van der Waals surface area contributed by atoms with Gasteiger partial charge in [0.15, 0.2) is 0 Å². The Kier molecular flexibility index (Phi) is 5.59. The third-order valence-corrected chi connectivity index (χ3v) is 6.70. The maximum atomic E-state index is 12.8. The highest BCUT2D eigenvalue weighted by Gasteiger charge is 2.44. The van der Waals surface area contributed by atoms with E-state index in [0.29, 0.717) is 13.0 Å². The molecule has 25 heavy (non-hydrogen) atoms. The molecule has 1 atom stereocenters. The van der Waals surface area contributed by atoms with Gasteiger partial charge in [-0.25, -0.2) is 9.59 Å². The molecule has 0 bridgehead atoms. The summed E-state index contributed by atoms with van der Waals surface area (Å²) in [6, 6.07) is -0.466. The molecule has 2 saturated carbocycles. The van der Waals surface area contributed by atoms with Crippen molar-refractivity contribution in [2.45, 2.75) is 108 Å². The fourth-order valence-corrected chi connectivity index (χ4v) is 4.85. The van der Waals surface area contributed by atoms with E-state index in [2.05, 4.69) is 13.8 Å². The fourth-order valence-electron chi connectivity index (χ4n) is 4.85. The number of amides is 1. The van der Waals surface area contributed by atoms with Crippen molar-refractivity contribution >= 4 is 12.1 Å². The number of esters is 1. The van der Waals surface area contributed by atoms with Crippen LogP contribution < -0.4 is 0 Å². The molecular weight excluding hydrogens is 318 g/mol. The number of hydrogen-bond donors (Lipinski definition) is 0. The van der Waals surface area contributed by atoms with Gasteiger partial charge in [0.2, 0.25) is 0 Å². The molecule has 0 aromatic rings. The summed E-state index contributed by atoms with van der Waals surface area (Å²) < 4.78 is 11.9. The topological polar surface area (TPSA) is 55.8 Å². The summed E-state index contributed by atoms with van der Waals surface area (Å²) in [6.07, 6.45) is 11.2. The number of carbonyl (C=O) groups is 2. The van der Waals surface area contributed by atoms with Crippen molar-refractivity contribution in [1.29, 1.82) is 0 Å². The number of nitrogens with zero attached hydrogens (tertiary/aromatic N) is 1. The largest absolute Gasteiger partial charge is 0.458 e. The molecule has 5 heteroatoms. The molecule has 3 rings (SSSR count). The van der Waals surface area contributed by atoms with Crippen LogP contribution in [0.25, 0.3) is 0 Å². The van der Waals surface area contributed by atoms with E-state index in [1.165, 1.54) is 0 Å². The van der Waals surface area contributed by atoms with Crippen LogP contribution in [0, 0.1) is 0 Å². The van der Waals surface area contributed by atoms with Crippen LogP contribution in [0.3, 0.4) is 0 Å². The summed E-state index contributed by atoms with van der Waals surface area (Å²) in [4.78, 5) is 27.2. The average molecular weight is 351 g/mol. The Morgan fingerprint density at radius 2 is 1.40 bits per heavy atom. The smallest absolute Gasteiger partial charge is 0.411 e. The molecule has 0 aromatic carbocycles. The number of likely N-dealkylation sites (tertiary alicyclic amines) is 1. The molecule has 0 N–H and O–H groups in total. The Morgan fingerprint density at radius 1 is 0.880 bits per heavy atom. The second-order valence-corrected chi connectivity index (χ2v) is 8.13. The van der Waals surface area contributed by atoms with Crippen molar-refractivity contribution in [1.82, 2.24) is 4.90 Å². The maximum Gasteiger partial charge on any atom is 0.411 e. The molecule has 3 aliphatic rings. The van der Waals surface area contributed by atoms with Crippen LogP contribution in [-0.2, 0) is 14.3 Å². The minimum absolute atomic E-state index is 0.227. The third-order valence-electron chi connectivity index (χ3n) is 6.70. The predicted molar refractivity (Wildman–Crippen MR) is 95.3 cm³/mol. The first kappa shape index (κ1) is 18.5. The van der Waals surface area contributed by atoms with Gasteiger partial charge < -0.3 is 9.47 Å². The molecule has 0 spiro atoms. The predicted octanol–water partition coefficient (Wildman–Crippen LogP) is 4.58. The van der Waals surface area contributed by atoms with E-state index in [1.54, 1.807) is 4.90 Å². The van der Waals surface area contributed by atoms with Crippen LogP contribution in [0.1, 0.15) is 90.9 Å². The average Bonchev–Trinajstić information content (AvgIpc) is 3.35. The van der Waals surface area contributed by atoms with Crippen LogP contribution in [0.2, 0.25) is 0 Å². The van der Waals surface area contributed by atoms with Crippen molar-refractivity contribution in [3.63, 3.8) is 0 Å². The summed E-state index contributed by atoms with van der Waals surface area (Å²) in [5, 5.41) is 0. The van der Waals surface area contributed by atoms with Crippen LogP contribution >= 0.6 is 0 Å². The number of carbonyl (C=O) groups excluding carboxylic acids is 2. The maximum absolute atomic E-state index is 12.8. The van der Waals surface area contributed by atoms with Gasteiger partial charge in [0.05, 0.1) is 0 Å². The summed E-state index contributed by atoms with van der Waals surface area (Å²) in [5.74, 6) is -0.227. The summed E-state index contributed by atoms with van der Waals surface area (Å²) in [5.41, 5.74) is -0.616. The highest BCUT2D eigenvalue weighted by molar-refractivity contribution is 5.82. The van der Waals surface area contributed by atoms with Crippen LogP contribution in [0.15, 0.2) is 0 Å². The second-order valence-electron chi connectivity index (χ2n) is 8.13. The van der Waals surface area contributed by atoms with Crippen molar-refractivity contribution < 1.29 is 19.1 Å². The van der Waals surface area contributed by atoms with E-state index in [-0.39, 0.29) is 23.3 Å². The van der Waals surface area contributed by atoms with Gasteiger partial charge in [0, 0.05) is 6.54 Å². The van der Waals surface area contributed by atoms with Crippen molar-refractivity contribution in [2.75, 3.05) is 6.54 Å². The molecule has 0 aromatic heterocycles. The Bertz CT molecular complexity index is 448. The van der Waals surface area contributed by atoms with Crippen molar-refractivity contribution in [3.05, 3.63) is 0 Å². The van der Waals surface area contributed by atoms with Gasteiger partial charge in [0.25, 0.3) is 0 Å². The van der Waals surface area contributed by atoms with Gasteiger partial charge in [-0.3, -0.25) is 4.90 Å². The molecule has 2 aliphatic carbocycles. The molecular formula is C20H33NO4. The molecule has 1 saturated heterocycles. The first-order valence-corrected chi connectivity index (χ1v) is 10.3. The van der Waals surface area contributed by atoms with Gasteiger partial charge in [-0.05, 0) is 77.0 Å². The SMILES string of the molecule is CCC1(OC(=O)C2CCCN2C(=O)OC2(CC)CCCC2)CCCC1. The molecule has 3 fully saturated rings. The van der Waals surface area contributed by atoms with Gasteiger partial charge in [-0.15, -0.1) is 0 Å². The standard InChI is InChI=1S/C20H33NO4/c1-3-19(11-5-6-12-19)24-17(22)16-10-9-15-21(16)18(23)25-20(4-2)13-7-8-14-20/h16H,3-15H2,1-2H3. The normalized spacial score (nSPS) is 27.4. The van der Waals surface area contributed by atoms with Crippen LogP contribution in [-0.4, -0.2) is 40.8 Å². The van der Waals surface area contributed by atoms with E-state index in [4.69, 9.17) is 9.47 Å². The zero-order valence-corrected chi connectivity index (χ0v) is 15.8. The van der Waals surface area contributed by atoms with Crippen molar-refractivity contribution in [2.24, 2.45) is 0 Å². The number of ether oxygens (including phenoxy) is 2. The summed E-state index contributed by atoms with van der Waals surface area (Å²) >= 11 is 0. The minimum Gasteiger partial charge on any atom is -0.458 e. The molecule has 1 aliphatic heterocycles. The van der Waals surface area contributed by atoms with E-state index >= 15 is 0 Å². The lowest BCUT2D eigenvalue weighted by Crippen LogP contribution is -2.47. The van der Waals surface area contributed by atoms with E-state index in [1.807, 2.05) is 0 Å². The lowest BCUT2D eigenvalue weighted by molar-refractivity contribution is -0.165. The molecule has 0 radical (unpaired) electrons. The van der Waals surface area contributed by atoms with Gasteiger partial charge in [0.1, 0.15) is 17.2 Å². The highest BCUT2D eigenvalue weighted by Crippen LogP contribution is 2.39. The first-order valence-electron chi connectivity index (χ1n) is 10.3. The Balaban J connectivity index is 1.63. The Hall–Kier alpha value is -1.26. The van der Waals surface area contributed by atoms with Gasteiger partial charge >= 0.3 is 12.1 Å². The zero-order valence-electron chi connectivity index (χ0n) is 15.8. The highest BCUT2D eigenvalue weighted by atomic mass is 16.6. The summed E-state index contributed by atoms with van der Waals surface area (Å²) in [7, 11) is 0. The van der Waals surface area contributed by atoms with E-state index in [9.17, 15) is 9.59 Å². The lowest BCUT2D eigenvalue weighted by atomic mass is 9.98. The molecule has 1 amide bonds. The first-order chi connectivity index (χ1) is 12.0. The van der Waals surface area contributed by atoms with E-state index in [0.717, 1.165) is 70.6 Å². The van der Waals surface area contributed by atoms with E-state index < -0.39 is 6.04 Å².